The first-order valence-corrected chi connectivity index (χ1v) is 10.4. The molecule has 3 heterocycles. The number of aromatic nitrogens is 3. The lowest BCUT2D eigenvalue weighted by atomic mass is 10.0. The number of anilines is 2. The zero-order chi connectivity index (χ0) is 24.3. The zero-order valence-electron chi connectivity index (χ0n) is 17.2. The highest BCUT2D eigenvalue weighted by molar-refractivity contribution is 6.31. The van der Waals surface area contributed by atoms with Crippen molar-refractivity contribution in [1.29, 1.82) is 0 Å². The molecule has 1 aliphatic rings. The Hall–Kier alpha value is -3.34. The Morgan fingerprint density at radius 1 is 0.941 bits per heavy atom. The summed E-state index contributed by atoms with van der Waals surface area (Å²) in [5, 5.41) is 19.5. The second kappa shape index (κ2) is 7.86. The lowest BCUT2D eigenvalue weighted by Crippen LogP contribution is -2.42. The number of fused-ring (bicyclic) bond motifs is 2. The molecule has 4 aromatic rings. The summed E-state index contributed by atoms with van der Waals surface area (Å²) < 4.78 is 52.5. The summed E-state index contributed by atoms with van der Waals surface area (Å²) in [7, 11) is 0. The smallest absolute Gasteiger partial charge is 0.354 e. The molecule has 0 spiro atoms. The first kappa shape index (κ1) is 22.5. The van der Waals surface area contributed by atoms with Gasteiger partial charge in [0.25, 0.3) is 0 Å². The van der Waals surface area contributed by atoms with Crippen molar-refractivity contribution in [3.8, 4) is 11.1 Å². The van der Waals surface area contributed by atoms with Gasteiger partial charge in [-0.2, -0.15) is 13.2 Å². The Balaban J connectivity index is 1.56. The highest BCUT2D eigenvalue weighted by Gasteiger charge is 2.55. The van der Waals surface area contributed by atoms with Gasteiger partial charge in [0, 0.05) is 29.4 Å². The van der Waals surface area contributed by atoms with Gasteiger partial charge >= 0.3 is 12.0 Å². The van der Waals surface area contributed by atoms with Crippen LogP contribution in [0.1, 0.15) is 11.3 Å². The third-order valence-corrected chi connectivity index (χ3v) is 6.03. The number of rotatable bonds is 3. The standard InChI is InChI=1S/C23H15ClF4N4O2/c24-16-9-19-13(8-17(16)25)5-6-32(19)21-15-7-12(1-3-18(15)30-11-31-21)14-2-4-20(29-10-14)22(33,34)23(26,27)28/h1-4,7-11,33-34H,5-6H2. The van der Waals surface area contributed by atoms with Crippen LogP contribution in [0.2, 0.25) is 5.02 Å². The minimum atomic E-state index is -5.30. The van der Waals surface area contributed by atoms with Gasteiger partial charge in [0.15, 0.2) is 0 Å². The molecule has 0 atom stereocenters. The van der Waals surface area contributed by atoms with E-state index >= 15 is 0 Å². The van der Waals surface area contributed by atoms with E-state index < -0.39 is 23.5 Å². The third-order valence-electron chi connectivity index (χ3n) is 5.74. The van der Waals surface area contributed by atoms with Crippen LogP contribution in [0, 0.1) is 5.82 Å². The number of hydrogen-bond donors (Lipinski definition) is 2. The zero-order valence-corrected chi connectivity index (χ0v) is 17.9. The Morgan fingerprint density at radius 3 is 2.41 bits per heavy atom. The van der Waals surface area contributed by atoms with Crippen LogP contribution in [0.5, 0.6) is 0 Å². The van der Waals surface area contributed by atoms with E-state index in [2.05, 4.69) is 15.0 Å². The molecule has 34 heavy (non-hydrogen) atoms. The van der Waals surface area contributed by atoms with E-state index in [1.165, 1.54) is 18.5 Å². The van der Waals surface area contributed by atoms with E-state index in [0.29, 0.717) is 40.8 Å². The average Bonchev–Trinajstić information content (AvgIpc) is 3.20. The molecule has 2 N–H and O–H groups in total. The van der Waals surface area contributed by atoms with E-state index in [9.17, 15) is 27.8 Å². The molecule has 6 nitrogen and oxygen atoms in total. The lowest BCUT2D eigenvalue weighted by molar-refractivity contribution is -0.359. The summed E-state index contributed by atoms with van der Waals surface area (Å²) in [6.45, 7) is 0.550. The van der Waals surface area contributed by atoms with Gasteiger partial charge in [-0.25, -0.2) is 14.4 Å². The summed E-state index contributed by atoms with van der Waals surface area (Å²) in [5.74, 6) is -3.98. The second-order valence-corrected chi connectivity index (χ2v) is 8.24. The van der Waals surface area contributed by atoms with Crippen molar-refractivity contribution in [2.75, 3.05) is 11.4 Å². The molecular formula is C23H15ClF4N4O2. The topological polar surface area (TPSA) is 82.4 Å². The molecule has 5 rings (SSSR count). The maximum Gasteiger partial charge on any atom is 0.449 e. The van der Waals surface area contributed by atoms with Crippen LogP contribution in [-0.4, -0.2) is 37.9 Å². The fourth-order valence-electron chi connectivity index (χ4n) is 3.96. The van der Waals surface area contributed by atoms with Gasteiger partial charge in [0.1, 0.15) is 23.7 Å². The molecule has 0 radical (unpaired) electrons. The quantitative estimate of drug-likeness (QED) is 0.315. The molecule has 0 unspecified atom stereocenters. The van der Waals surface area contributed by atoms with Gasteiger partial charge in [-0.05, 0) is 47.9 Å². The van der Waals surface area contributed by atoms with Gasteiger partial charge in [-0.15, -0.1) is 0 Å². The Bertz CT molecular complexity index is 1410. The maximum atomic E-state index is 13.9. The number of alkyl halides is 3. The fraction of sp³-hybridized carbons (Fsp3) is 0.174. The molecule has 174 valence electrons. The number of aliphatic hydroxyl groups is 2. The van der Waals surface area contributed by atoms with Crippen molar-refractivity contribution in [2.45, 2.75) is 18.4 Å². The molecule has 2 aromatic heterocycles. The molecule has 0 amide bonds. The number of benzene rings is 2. The van der Waals surface area contributed by atoms with Crippen molar-refractivity contribution in [1.82, 2.24) is 15.0 Å². The summed E-state index contributed by atoms with van der Waals surface area (Å²) >= 11 is 5.99. The van der Waals surface area contributed by atoms with Crippen LogP contribution in [0.3, 0.4) is 0 Å². The van der Waals surface area contributed by atoms with Crippen LogP contribution in [-0.2, 0) is 12.2 Å². The SMILES string of the molecule is OC(O)(c1ccc(-c2ccc3ncnc(N4CCc5cc(F)c(Cl)cc54)c3c2)cn1)C(F)(F)F. The first-order chi connectivity index (χ1) is 16.1. The van der Waals surface area contributed by atoms with Crippen molar-refractivity contribution >= 4 is 34.0 Å². The number of halogens is 5. The van der Waals surface area contributed by atoms with Crippen molar-refractivity contribution in [2.24, 2.45) is 0 Å². The van der Waals surface area contributed by atoms with Crippen LogP contribution in [0.25, 0.3) is 22.0 Å². The van der Waals surface area contributed by atoms with Gasteiger partial charge in [-0.3, -0.25) is 4.98 Å². The Labute approximate surface area is 195 Å². The number of pyridine rings is 1. The van der Waals surface area contributed by atoms with Crippen LogP contribution < -0.4 is 4.90 Å². The van der Waals surface area contributed by atoms with E-state index in [1.807, 2.05) is 4.90 Å². The Kier molecular flexibility index (Phi) is 5.19. The summed E-state index contributed by atoms with van der Waals surface area (Å²) in [4.78, 5) is 14.2. The largest absolute Gasteiger partial charge is 0.449 e. The predicted molar refractivity (Wildman–Crippen MR) is 117 cm³/mol. The molecule has 11 heteroatoms. The van der Waals surface area contributed by atoms with Crippen molar-refractivity contribution < 1.29 is 27.8 Å². The highest BCUT2D eigenvalue weighted by Crippen LogP contribution is 2.40. The monoisotopic (exact) mass is 490 g/mol. The van der Waals surface area contributed by atoms with E-state index in [4.69, 9.17) is 11.6 Å². The van der Waals surface area contributed by atoms with Crippen LogP contribution in [0.4, 0.5) is 29.1 Å². The molecular weight excluding hydrogens is 476 g/mol. The average molecular weight is 491 g/mol. The van der Waals surface area contributed by atoms with Gasteiger partial charge in [0.05, 0.1) is 10.5 Å². The Morgan fingerprint density at radius 2 is 1.71 bits per heavy atom. The molecule has 0 bridgehead atoms. The summed E-state index contributed by atoms with van der Waals surface area (Å²) in [6, 6.07) is 10.4. The fourth-order valence-corrected chi connectivity index (χ4v) is 4.11. The van der Waals surface area contributed by atoms with Crippen molar-refractivity contribution in [3.05, 3.63) is 77.1 Å². The molecule has 2 aromatic carbocycles. The first-order valence-electron chi connectivity index (χ1n) is 10.0. The van der Waals surface area contributed by atoms with Gasteiger partial charge in [-0.1, -0.05) is 23.7 Å². The molecule has 0 fully saturated rings. The summed E-state index contributed by atoms with van der Waals surface area (Å²) in [6.07, 6.45) is -2.16. The lowest BCUT2D eigenvalue weighted by Gasteiger charge is -2.23. The second-order valence-electron chi connectivity index (χ2n) is 7.83. The minimum absolute atomic E-state index is 0.00133. The predicted octanol–water partition coefficient (Wildman–Crippen LogP) is 4.88. The number of hydrogen-bond acceptors (Lipinski definition) is 6. The molecule has 0 aliphatic carbocycles. The van der Waals surface area contributed by atoms with Crippen molar-refractivity contribution in [3.63, 3.8) is 0 Å². The normalized spacial score (nSPS) is 14.0. The molecule has 0 saturated heterocycles. The van der Waals surface area contributed by atoms with E-state index in [0.717, 1.165) is 23.5 Å². The van der Waals surface area contributed by atoms with Gasteiger partial charge < -0.3 is 15.1 Å². The van der Waals surface area contributed by atoms with Crippen LogP contribution in [0.15, 0.2) is 55.0 Å². The highest BCUT2D eigenvalue weighted by atomic mass is 35.5. The van der Waals surface area contributed by atoms with E-state index in [1.54, 1.807) is 24.3 Å². The molecule has 0 saturated carbocycles. The summed E-state index contributed by atoms with van der Waals surface area (Å²) in [5.41, 5.74) is 2.27. The third kappa shape index (κ3) is 3.64. The minimum Gasteiger partial charge on any atom is -0.354 e. The molecule has 1 aliphatic heterocycles. The van der Waals surface area contributed by atoms with E-state index in [-0.39, 0.29) is 5.02 Å². The number of nitrogens with zero attached hydrogens (tertiary/aromatic N) is 4. The van der Waals surface area contributed by atoms with Crippen LogP contribution >= 0.6 is 11.6 Å². The maximum absolute atomic E-state index is 13.9. The van der Waals surface area contributed by atoms with Gasteiger partial charge in [0.2, 0.25) is 0 Å².